The SMILES string of the molecule is CCCN(C=O)c1ccc(C(=O)N(CCN2CCC(C(=O)c3ccc(F)cc3)CC2)c2cccnc2)cc1. The van der Waals surface area contributed by atoms with Crippen LogP contribution < -0.4 is 9.80 Å². The van der Waals surface area contributed by atoms with E-state index < -0.39 is 0 Å². The molecule has 2 amide bonds. The van der Waals surface area contributed by atoms with Crippen molar-refractivity contribution in [2.45, 2.75) is 26.2 Å². The maximum Gasteiger partial charge on any atom is 0.258 e. The number of hydrogen-bond donors (Lipinski definition) is 0. The number of likely N-dealkylation sites (tertiary alicyclic amines) is 1. The number of nitrogens with zero attached hydrogens (tertiary/aromatic N) is 4. The Morgan fingerprint density at radius 2 is 1.66 bits per heavy atom. The molecule has 0 atom stereocenters. The van der Waals surface area contributed by atoms with Gasteiger partial charge in [0.15, 0.2) is 5.78 Å². The average molecular weight is 517 g/mol. The zero-order valence-corrected chi connectivity index (χ0v) is 21.6. The van der Waals surface area contributed by atoms with E-state index in [9.17, 15) is 18.8 Å². The van der Waals surface area contributed by atoms with Crippen LogP contribution in [0.25, 0.3) is 0 Å². The standard InChI is InChI=1S/C30H33FN4O3/c1-2-16-34(22-36)27-11-7-25(8-12-27)30(38)35(28-4-3-15-32-21-28)20-19-33-17-13-24(14-18-33)29(37)23-5-9-26(31)10-6-23/h3-12,15,21-22,24H,2,13-14,16-20H2,1H3. The number of piperidine rings is 1. The third kappa shape index (κ3) is 6.69. The molecular formula is C30H33FN4O3. The molecule has 1 aliphatic rings. The highest BCUT2D eigenvalue weighted by Gasteiger charge is 2.27. The summed E-state index contributed by atoms with van der Waals surface area (Å²) in [6.45, 7) is 5.25. The smallest absolute Gasteiger partial charge is 0.258 e. The predicted molar refractivity (Wildman–Crippen MR) is 146 cm³/mol. The number of pyridine rings is 1. The van der Waals surface area contributed by atoms with E-state index in [4.69, 9.17) is 0 Å². The first-order chi connectivity index (χ1) is 18.5. The second kappa shape index (κ2) is 13.1. The number of rotatable bonds is 11. The molecule has 0 aliphatic carbocycles. The van der Waals surface area contributed by atoms with E-state index in [1.807, 2.05) is 13.0 Å². The highest BCUT2D eigenvalue weighted by Crippen LogP contribution is 2.23. The number of carbonyl (C=O) groups is 3. The van der Waals surface area contributed by atoms with E-state index in [1.54, 1.807) is 64.7 Å². The lowest BCUT2D eigenvalue weighted by molar-refractivity contribution is -0.107. The molecule has 1 aromatic heterocycles. The van der Waals surface area contributed by atoms with Crippen molar-refractivity contribution in [3.8, 4) is 0 Å². The van der Waals surface area contributed by atoms with Crippen LogP contribution in [-0.4, -0.2) is 60.7 Å². The lowest BCUT2D eigenvalue weighted by Gasteiger charge is -2.33. The number of benzene rings is 2. The van der Waals surface area contributed by atoms with Crippen molar-refractivity contribution in [1.82, 2.24) is 9.88 Å². The van der Waals surface area contributed by atoms with E-state index in [0.717, 1.165) is 44.4 Å². The van der Waals surface area contributed by atoms with Gasteiger partial charge in [-0.15, -0.1) is 0 Å². The highest BCUT2D eigenvalue weighted by molar-refractivity contribution is 6.06. The molecule has 4 rings (SSSR count). The number of carbonyl (C=O) groups excluding carboxylic acids is 3. The van der Waals surface area contributed by atoms with E-state index in [-0.39, 0.29) is 23.4 Å². The topological polar surface area (TPSA) is 73.8 Å². The second-order valence-electron chi connectivity index (χ2n) is 9.50. The number of ketones is 1. The van der Waals surface area contributed by atoms with E-state index in [0.29, 0.717) is 36.4 Å². The molecule has 7 nitrogen and oxygen atoms in total. The van der Waals surface area contributed by atoms with Gasteiger partial charge in [-0.3, -0.25) is 19.4 Å². The summed E-state index contributed by atoms with van der Waals surface area (Å²) >= 11 is 0. The molecule has 0 unspecified atom stereocenters. The summed E-state index contributed by atoms with van der Waals surface area (Å²) in [6.07, 6.45) is 6.44. The fourth-order valence-electron chi connectivity index (χ4n) is 4.81. The molecule has 0 N–H and O–H groups in total. The first-order valence-corrected chi connectivity index (χ1v) is 13.1. The minimum atomic E-state index is -0.348. The van der Waals surface area contributed by atoms with E-state index in [1.165, 1.54) is 12.1 Å². The van der Waals surface area contributed by atoms with E-state index >= 15 is 0 Å². The number of Topliss-reactive ketones (excluding diaryl/α,β-unsaturated/α-hetero) is 1. The number of amides is 2. The normalized spacial score (nSPS) is 14.2. The highest BCUT2D eigenvalue weighted by atomic mass is 19.1. The summed E-state index contributed by atoms with van der Waals surface area (Å²) in [6, 6.07) is 16.5. The molecule has 198 valence electrons. The minimum Gasteiger partial charge on any atom is -0.315 e. The fourth-order valence-corrected chi connectivity index (χ4v) is 4.81. The van der Waals surface area contributed by atoms with Crippen LogP contribution in [0.1, 0.15) is 46.9 Å². The Bertz CT molecular complexity index is 1210. The van der Waals surface area contributed by atoms with Gasteiger partial charge in [-0.25, -0.2) is 4.39 Å². The van der Waals surface area contributed by atoms with Gasteiger partial charge < -0.3 is 14.7 Å². The van der Waals surface area contributed by atoms with Gasteiger partial charge in [0.1, 0.15) is 5.82 Å². The average Bonchev–Trinajstić information content (AvgIpc) is 2.97. The Labute approximate surface area is 222 Å². The van der Waals surface area contributed by atoms with Crippen molar-refractivity contribution in [1.29, 1.82) is 0 Å². The maximum atomic E-state index is 13.5. The molecule has 38 heavy (non-hydrogen) atoms. The Morgan fingerprint density at radius 3 is 2.26 bits per heavy atom. The molecule has 0 bridgehead atoms. The van der Waals surface area contributed by atoms with Gasteiger partial charge in [0.05, 0.1) is 11.9 Å². The van der Waals surface area contributed by atoms with Crippen LogP contribution in [0.15, 0.2) is 73.1 Å². The van der Waals surface area contributed by atoms with Gasteiger partial charge in [-0.1, -0.05) is 6.92 Å². The molecule has 3 aromatic rings. The second-order valence-corrected chi connectivity index (χ2v) is 9.50. The van der Waals surface area contributed by atoms with Gasteiger partial charge in [-0.2, -0.15) is 0 Å². The Balaban J connectivity index is 1.39. The summed E-state index contributed by atoms with van der Waals surface area (Å²) < 4.78 is 13.2. The molecule has 2 aromatic carbocycles. The van der Waals surface area contributed by atoms with Gasteiger partial charge in [0.2, 0.25) is 6.41 Å². The summed E-state index contributed by atoms with van der Waals surface area (Å²) in [7, 11) is 0. The lowest BCUT2D eigenvalue weighted by Crippen LogP contribution is -2.43. The summed E-state index contributed by atoms with van der Waals surface area (Å²) in [5, 5.41) is 0. The molecular weight excluding hydrogens is 483 g/mol. The number of halogens is 1. The maximum absolute atomic E-state index is 13.5. The molecule has 0 saturated carbocycles. The quantitative estimate of drug-likeness (QED) is 0.270. The Kier molecular flexibility index (Phi) is 9.32. The molecule has 0 radical (unpaired) electrons. The van der Waals surface area contributed by atoms with Crippen LogP contribution in [0.5, 0.6) is 0 Å². The third-order valence-electron chi connectivity index (χ3n) is 6.97. The van der Waals surface area contributed by atoms with Crippen molar-refractivity contribution >= 4 is 29.5 Å². The number of hydrogen-bond acceptors (Lipinski definition) is 5. The Hall–Kier alpha value is -3.91. The molecule has 1 aliphatic heterocycles. The first kappa shape index (κ1) is 27.1. The molecule has 1 fully saturated rings. The van der Waals surface area contributed by atoms with Crippen molar-refractivity contribution in [3.05, 3.63) is 90.0 Å². The zero-order valence-electron chi connectivity index (χ0n) is 21.6. The van der Waals surface area contributed by atoms with Crippen LogP contribution in [-0.2, 0) is 4.79 Å². The number of anilines is 2. The lowest BCUT2D eigenvalue weighted by atomic mass is 9.89. The monoisotopic (exact) mass is 516 g/mol. The molecule has 8 heteroatoms. The van der Waals surface area contributed by atoms with Gasteiger partial charge in [0, 0.05) is 48.6 Å². The van der Waals surface area contributed by atoms with Crippen LogP contribution in [0, 0.1) is 11.7 Å². The number of aromatic nitrogens is 1. The fraction of sp³-hybridized carbons (Fsp3) is 0.333. The summed E-state index contributed by atoms with van der Waals surface area (Å²) in [5.74, 6) is -0.504. The van der Waals surface area contributed by atoms with Crippen LogP contribution >= 0.6 is 0 Å². The molecule has 1 saturated heterocycles. The van der Waals surface area contributed by atoms with Crippen molar-refractivity contribution in [3.63, 3.8) is 0 Å². The summed E-state index contributed by atoms with van der Waals surface area (Å²) in [5.41, 5.74) is 2.55. The predicted octanol–water partition coefficient (Wildman–Crippen LogP) is 4.84. The largest absolute Gasteiger partial charge is 0.315 e. The van der Waals surface area contributed by atoms with Gasteiger partial charge in [0.25, 0.3) is 5.91 Å². The third-order valence-corrected chi connectivity index (χ3v) is 6.97. The van der Waals surface area contributed by atoms with Crippen LogP contribution in [0.2, 0.25) is 0 Å². The summed E-state index contributed by atoms with van der Waals surface area (Å²) in [4.78, 5) is 47.6. The Morgan fingerprint density at radius 1 is 0.974 bits per heavy atom. The molecule has 0 spiro atoms. The van der Waals surface area contributed by atoms with E-state index in [2.05, 4.69) is 9.88 Å². The van der Waals surface area contributed by atoms with Crippen molar-refractivity contribution in [2.24, 2.45) is 5.92 Å². The van der Waals surface area contributed by atoms with Crippen LogP contribution in [0.4, 0.5) is 15.8 Å². The molecule has 2 heterocycles. The first-order valence-electron chi connectivity index (χ1n) is 13.1. The van der Waals surface area contributed by atoms with Crippen molar-refractivity contribution < 1.29 is 18.8 Å². The van der Waals surface area contributed by atoms with Gasteiger partial charge >= 0.3 is 0 Å². The minimum absolute atomic E-state index is 0.0624. The zero-order chi connectivity index (χ0) is 26.9. The van der Waals surface area contributed by atoms with Crippen molar-refractivity contribution in [2.75, 3.05) is 42.5 Å². The van der Waals surface area contributed by atoms with Crippen LogP contribution in [0.3, 0.4) is 0 Å². The van der Waals surface area contributed by atoms with Gasteiger partial charge in [-0.05, 0) is 93.0 Å².